The molecular formula is C34H38N4O4. The van der Waals surface area contributed by atoms with Crippen LogP contribution in [0, 0.1) is 17.8 Å². The maximum absolute atomic E-state index is 12.7. The van der Waals surface area contributed by atoms with Crippen molar-refractivity contribution in [1.29, 1.82) is 0 Å². The van der Waals surface area contributed by atoms with E-state index in [4.69, 9.17) is 15.2 Å². The molecule has 0 aromatic heterocycles. The van der Waals surface area contributed by atoms with E-state index >= 15 is 0 Å². The molecule has 4 N–H and O–H groups in total. The van der Waals surface area contributed by atoms with Crippen LogP contribution >= 0.6 is 0 Å². The fraction of sp³-hybridized carbons (Fsp3) is 0.382. The zero-order valence-corrected chi connectivity index (χ0v) is 24.0. The van der Waals surface area contributed by atoms with Gasteiger partial charge in [0.15, 0.2) is 18.1 Å². The standard InChI is InChI=1S/C34H38N4O4/c1-2-41-31-16-22(20-36-38-33(40)28-5-3-4-6-29(28)35)7-12-30(31)42-21-32(39)37-27-10-8-26(9-11-27)34-17-23-13-24(18-34)15-25(14-23)19-34/h3-12,16,20,23-25H,2,13-15,17-19,21,35H2,1H3,(H,37,39)(H,38,40)/b36-20+. The zero-order chi connectivity index (χ0) is 29.1. The minimum Gasteiger partial charge on any atom is -0.490 e. The lowest BCUT2D eigenvalue weighted by Gasteiger charge is -2.57. The summed E-state index contributed by atoms with van der Waals surface area (Å²) in [5, 5.41) is 6.99. The first-order valence-electron chi connectivity index (χ1n) is 14.9. The molecule has 0 atom stereocenters. The molecule has 42 heavy (non-hydrogen) atoms. The number of carbonyl (C=O) groups excluding carboxylic acids is 2. The molecule has 3 aromatic carbocycles. The van der Waals surface area contributed by atoms with Crippen molar-refractivity contribution in [2.24, 2.45) is 22.9 Å². The second-order valence-electron chi connectivity index (χ2n) is 12.0. The van der Waals surface area contributed by atoms with E-state index in [1.807, 2.05) is 19.1 Å². The maximum Gasteiger partial charge on any atom is 0.273 e. The molecule has 0 aliphatic heterocycles. The average molecular weight is 567 g/mol. The van der Waals surface area contributed by atoms with E-state index in [1.54, 1.807) is 42.5 Å². The zero-order valence-electron chi connectivity index (χ0n) is 24.0. The van der Waals surface area contributed by atoms with E-state index in [9.17, 15) is 9.59 Å². The van der Waals surface area contributed by atoms with Crippen molar-refractivity contribution >= 4 is 29.4 Å². The minimum absolute atomic E-state index is 0.154. The summed E-state index contributed by atoms with van der Waals surface area (Å²) in [6.07, 6.45) is 9.75. The number of rotatable bonds is 10. The first-order valence-corrected chi connectivity index (χ1v) is 14.9. The van der Waals surface area contributed by atoms with E-state index in [1.165, 1.54) is 50.3 Å². The van der Waals surface area contributed by atoms with Crippen molar-refractivity contribution in [2.45, 2.75) is 50.9 Å². The Morgan fingerprint density at radius 2 is 1.62 bits per heavy atom. The summed E-state index contributed by atoms with van der Waals surface area (Å²) in [5.41, 5.74) is 12.3. The lowest BCUT2D eigenvalue weighted by atomic mass is 9.48. The highest BCUT2D eigenvalue weighted by Gasteiger charge is 2.51. The highest BCUT2D eigenvalue weighted by molar-refractivity contribution is 5.99. The van der Waals surface area contributed by atoms with Gasteiger partial charge < -0.3 is 20.5 Å². The van der Waals surface area contributed by atoms with Gasteiger partial charge >= 0.3 is 0 Å². The number of nitrogens with zero attached hydrogens (tertiary/aromatic N) is 1. The number of benzene rings is 3. The van der Waals surface area contributed by atoms with E-state index in [-0.39, 0.29) is 12.5 Å². The number of carbonyl (C=O) groups is 2. The fourth-order valence-electron chi connectivity index (χ4n) is 7.63. The van der Waals surface area contributed by atoms with Gasteiger partial charge in [-0.2, -0.15) is 5.10 Å². The van der Waals surface area contributed by atoms with E-state index in [2.05, 4.69) is 28.0 Å². The third-order valence-electron chi connectivity index (χ3n) is 9.03. The number of anilines is 2. The van der Waals surface area contributed by atoms with Crippen LogP contribution in [0.2, 0.25) is 0 Å². The Labute approximate surface area is 246 Å². The van der Waals surface area contributed by atoms with Gasteiger partial charge in [0.25, 0.3) is 11.8 Å². The van der Waals surface area contributed by atoms with Crippen LogP contribution in [0.1, 0.15) is 66.9 Å². The highest BCUT2D eigenvalue weighted by Crippen LogP contribution is 2.60. The van der Waals surface area contributed by atoms with Crippen molar-refractivity contribution in [3.63, 3.8) is 0 Å². The molecule has 0 saturated heterocycles. The van der Waals surface area contributed by atoms with Gasteiger partial charge in [-0.3, -0.25) is 9.59 Å². The van der Waals surface area contributed by atoms with Gasteiger partial charge in [-0.25, -0.2) is 5.43 Å². The van der Waals surface area contributed by atoms with Gasteiger partial charge in [0.1, 0.15) is 0 Å². The molecule has 8 heteroatoms. The van der Waals surface area contributed by atoms with Gasteiger partial charge in [-0.05, 0) is 122 Å². The number of nitrogen functional groups attached to an aromatic ring is 1. The quantitative estimate of drug-likeness (QED) is 0.160. The van der Waals surface area contributed by atoms with E-state index < -0.39 is 5.91 Å². The molecule has 0 heterocycles. The second-order valence-corrected chi connectivity index (χ2v) is 12.0. The van der Waals surface area contributed by atoms with Crippen molar-refractivity contribution in [1.82, 2.24) is 5.43 Å². The predicted molar refractivity (Wildman–Crippen MR) is 164 cm³/mol. The molecule has 4 saturated carbocycles. The first kappa shape index (κ1) is 27.8. The summed E-state index contributed by atoms with van der Waals surface area (Å²) < 4.78 is 11.5. The number of hydrazone groups is 1. The fourth-order valence-corrected chi connectivity index (χ4v) is 7.63. The van der Waals surface area contributed by atoms with Crippen LogP contribution in [0.25, 0.3) is 0 Å². The Hall–Kier alpha value is -4.33. The Bertz CT molecular complexity index is 1450. The topological polar surface area (TPSA) is 115 Å². The Balaban J connectivity index is 1.03. The SMILES string of the molecule is CCOc1cc(/C=N/NC(=O)c2ccccc2N)ccc1OCC(=O)Nc1ccc(C23CC4CC(CC(C4)C2)C3)cc1. The van der Waals surface area contributed by atoms with Crippen molar-refractivity contribution in [2.75, 3.05) is 24.3 Å². The molecule has 0 spiro atoms. The molecule has 4 aliphatic carbocycles. The number of hydrogen-bond acceptors (Lipinski definition) is 6. The number of nitrogens with one attached hydrogen (secondary N) is 2. The smallest absolute Gasteiger partial charge is 0.273 e. The van der Waals surface area contributed by atoms with Crippen LogP contribution in [0.3, 0.4) is 0 Å². The number of ether oxygens (including phenoxy) is 2. The van der Waals surface area contributed by atoms with Crippen molar-refractivity contribution in [3.05, 3.63) is 83.4 Å². The van der Waals surface area contributed by atoms with E-state index in [0.717, 1.165) is 23.4 Å². The molecule has 4 aliphatic rings. The normalized spacial score (nSPS) is 24.0. The summed E-state index contributed by atoms with van der Waals surface area (Å²) in [4.78, 5) is 25.0. The third-order valence-corrected chi connectivity index (χ3v) is 9.03. The highest BCUT2D eigenvalue weighted by atomic mass is 16.5. The largest absolute Gasteiger partial charge is 0.490 e. The molecule has 4 bridgehead atoms. The molecule has 3 aromatic rings. The van der Waals surface area contributed by atoms with Gasteiger partial charge in [0, 0.05) is 11.4 Å². The van der Waals surface area contributed by atoms with Crippen LogP contribution < -0.4 is 25.9 Å². The van der Waals surface area contributed by atoms with Crippen LogP contribution in [-0.4, -0.2) is 31.2 Å². The molecular weight excluding hydrogens is 528 g/mol. The molecule has 0 unspecified atom stereocenters. The third kappa shape index (κ3) is 5.98. The van der Waals surface area contributed by atoms with Crippen LogP contribution in [0.4, 0.5) is 11.4 Å². The van der Waals surface area contributed by atoms with Crippen LogP contribution in [0.15, 0.2) is 71.8 Å². The Morgan fingerprint density at radius 3 is 2.29 bits per heavy atom. The lowest BCUT2D eigenvalue weighted by molar-refractivity contribution is -0.118. The Kier molecular flexibility index (Phi) is 7.87. The average Bonchev–Trinajstić information content (AvgIpc) is 2.97. The van der Waals surface area contributed by atoms with Gasteiger partial charge in [0.05, 0.1) is 18.4 Å². The van der Waals surface area contributed by atoms with Gasteiger partial charge in [-0.1, -0.05) is 24.3 Å². The number of nitrogens with two attached hydrogens (primary N) is 1. The first-order chi connectivity index (χ1) is 20.4. The summed E-state index contributed by atoms with van der Waals surface area (Å²) >= 11 is 0. The van der Waals surface area contributed by atoms with Crippen LogP contribution in [0.5, 0.6) is 11.5 Å². The Morgan fingerprint density at radius 1 is 0.929 bits per heavy atom. The van der Waals surface area contributed by atoms with E-state index in [0.29, 0.717) is 40.3 Å². The monoisotopic (exact) mass is 566 g/mol. The summed E-state index contributed by atoms with van der Waals surface area (Å²) in [6.45, 7) is 2.14. The minimum atomic E-state index is -0.400. The summed E-state index contributed by atoms with van der Waals surface area (Å²) in [7, 11) is 0. The maximum atomic E-state index is 12.7. The van der Waals surface area contributed by atoms with Crippen molar-refractivity contribution < 1.29 is 19.1 Å². The second kappa shape index (κ2) is 11.9. The predicted octanol–water partition coefficient (Wildman–Crippen LogP) is 5.92. The number of hydrogen-bond donors (Lipinski definition) is 3. The molecule has 0 radical (unpaired) electrons. The van der Waals surface area contributed by atoms with Crippen LogP contribution in [-0.2, 0) is 10.2 Å². The molecule has 8 nitrogen and oxygen atoms in total. The summed E-state index contributed by atoms with van der Waals surface area (Å²) in [6, 6.07) is 20.5. The number of para-hydroxylation sites is 1. The molecule has 2 amide bonds. The molecule has 4 fully saturated rings. The van der Waals surface area contributed by atoms with Gasteiger partial charge in [-0.15, -0.1) is 0 Å². The molecule has 7 rings (SSSR count). The lowest BCUT2D eigenvalue weighted by Crippen LogP contribution is -2.48. The number of amides is 2. The van der Waals surface area contributed by atoms with Gasteiger partial charge in [0.2, 0.25) is 0 Å². The molecule has 218 valence electrons. The summed E-state index contributed by atoms with van der Waals surface area (Å²) in [5.74, 6) is 2.98. The van der Waals surface area contributed by atoms with Crippen molar-refractivity contribution in [3.8, 4) is 11.5 Å².